The van der Waals surface area contributed by atoms with Gasteiger partial charge in [0.25, 0.3) is 0 Å². The Morgan fingerprint density at radius 1 is 0.506 bits per heavy atom. The highest BCUT2D eigenvalue weighted by Crippen LogP contribution is 2.74. The van der Waals surface area contributed by atoms with Gasteiger partial charge in [-0.15, -0.1) is 0 Å². The summed E-state index contributed by atoms with van der Waals surface area (Å²) in [6.45, 7) is 16.0. The van der Waals surface area contributed by atoms with Crippen LogP contribution < -0.4 is 0 Å². The Labute approximate surface area is 512 Å². The van der Waals surface area contributed by atoms with Crippen LogP contribution in [-0.4, -0.2) is 86.0 Å². The normalized spacial score (nSPS) is 41.3. The van der Waals surface area contributed by atoms with Gasteiger partial charge in [0, 0.05) is 54.8 Å². The minimum Gasteiger partial charge on any atom is -0.498 e. The maximum absolute atomic E-state index is 13.3. The molecule has 0 aromatic carbocycles. The third-order valence-electron chi connectivity index (χ3n) is 26.6. The number of carbonyl (C=O) groups excluding carboxylic acids is 8. The molecule has 13 nitrogen and oxygen atoms in total. The second-order valence-corrected chi connectivity index (χ2v) is 29.9. The monoisotopic (exact) mass is 1180 g/mol. The van der Waals surface area contributed by atoms with Crippen LogP contribution in [0.5, 0.6) is 0 Å². The van der Waals surface area contributed by atoms with Crippen LogP contribution in [0.25, 0.3) is 0 Å². The summed E-state index contributed by atoms with van der Waals surface area (Å²) in [7, 11) is 4.23. The molecule has 15 aliphatic carbocycles. The van der Waals surface area contributed by atoms with Gasteiger partial charge in [-0.25, -0.2) is 0 Å². The van der Waals surface area contributed by atoms with Crippen LogP contribution >= 0.6 is 0 Å². The first kappa shape index (κ1) is 59.9. The maximum atomic E-state index is 13.3. The van der Waals surface area contributed by atoms with E-state index in [9.17, 15) is 43.5 Å². The Balaban J connectivity index is 0.000000121. The van der Waals surface area contributed by atoms with Crippen molar-refractivity contribution in [1.82, 2.24) is 0 Å². The minimum absolute atomic E-state index is 0.00187. The van der Waals surface area contributed by atoms with Gasteiger partial charge in [-0.2, -0.15) is 0 Å². The van der Waals surface area contributed by atoms with E-state index >= 15 is 0 Å². The van der Waals surface area contributed by atoms with Crippen molar-refractivity contribution in [1.29, 1.82) is 0 Å². The lowest BCUT2D eigenvalue weighted by Gasteiger charge is -2.53. The van der Waals surface area contributed by atoms with Crippen LogP contribution in [0.1, 0.15) is 190 Å². The molecule has 7 unspecified atom stereocenters. The smallest absolute Gasteiger partial charge is 0.317 e. The Bertz CT molecular complexity index is 3560. The summed E-state index contributed by atoms with van der Waals surface area (Å²) in [6.07, 6.45) is 30.3. The lowest BCUT2D eigenvalue weighted by Crippen LogP contribution is -2.51. The molecule has 13 heteroatoms. The van der Waals surface area contributed by atoms with Crippen LogP contribution in [0.15, 0.2) is 115 Å². The molecule has 13 atom stereocenters. The minimum atomic E-state index is -1.10. The van der Waals surface area contributed by atoms with E-state index in [2.05, 4.69) is 71.9 Å². The van der Waals surface area contributed by atoms with Crippen molar-refractivity contribution in [3.05, 3.63) is 115 Å². The van der Waals surface area contributed by atoms with Crippen molar-refractivity contribution in [2.24, 2.45) is 66.5 Å². The lowest BCUT2D eigenvalue weighted by molar-refractivity contribution is -0.148. The van der Waals surface area contributed by atoms with Crippen molar-refractivity contribution in [3.63, 3.8) is 0 Å². The maximum Gasteiger partial charge on any atom is 0.317 e. The first-order valence-corrected chi connectivity index (χ1v) is 32.7. The number of carbonyl (C=O) groups is 8. The summed E-state index contributed by atoms with van der Waals surface area (Å²) >= 11 is 0. The van der Waals surface area contributed by atoms with Crippen LogP contribution in [0.3, 0.4) is 0 Å². The third kappa shape index (κ3) is 7.77. The Kier molecular flexibility index (Phi) is 13.9. The number of ketones is 5. The SMILES string of the molecule is CCOC1=CC2=C[C@@H](C(=O)OC)C3=C(CCC45C(=O)CC[C@]4(C)CC=C35)C2(C)CC1.COC(=O)[C@@H]1CC2=CC(=O)CCC2(C)C2=C1C1=CC[C@@]3(C)CCC(=O)C13CC2.COC(=O)[C@H]1C2=C(CCC34C(=O)CC[C@]3(C)CC=C24)C2(C)CCC(=O)C=C2C1O. The fourth-order valence-corrected chi connectivity index (χ4v) is 21.6. The molecule has 0 heterocycles. The van der Waals surface area contributed by atoms with Gasteiger partial charge in [0.2, 0.25) is 0 Å². The van der Waals surface area contributed by atoms with Crippen molar-refractivity contribution in [3.8, 4) is 0 Å². The van der Waals surface area contributed by atoms with Gasteiger partial charge in [-0.1, -0.05) is 88.1 Å². The summed E-state index contributed by atoms with van der Waals surface area (Å²) in [5.74, 6) is -0.516. The largest absolute Gasteiger partial charge is 0.498 e. The van der Waals surface area contributed by atoms with E-state index in [0.717, 1.165) is 147 Å². The van der Waals surface area contributed by atoms with Crippen LogP contribution in [0.2, 0.25) is 0 Å². The van der Waals surface area contributed by atoms with Crippen LogP contribution in [0.4, 0.5) is 0 Å². The molecule has 15 rings (SSSR count). The number of esters is 3. The van der Waals surface area contributed by atoms with Gasteiger partial charge in [0.1, 0.15) is 29.2 Å². The summed E-state index contributed by atoms with van der Waals surface area (Å²) in [5, 5.41) is 11.3. The molecule has 0 aliphatic heterocycles. The van der Waals surface area contributed by atoms with E-state index in [4.69, 9.17) is 18.9 Å². The highest BCUT2D eigenvalue weighted by Gasteiger charge is 2.69. The number of hydrogen-bond acceptors (Lipinski definition) is 13. The van der Waals surface area contributed by atoms with E-state index < -0.39 is 51.5 Å². The van der Waals surface area contributed by atoms with E-state index in [-0.39, 0.29) is 56.4 Å². The molecular formula is C74H88O13. The highest BCUT2D eigenvalue weighted by atomic mass is 16.5. The van der Waals surface area contributed by atoms with Crippen molar-refractivity contribution < 1.29 is 62.4 Å². The van der Waals surface area contributed by atoms with Crippen LogP contribution in [0, 0.1) is 66.5 Å². The van der Waals surface area contributed by atoms with Gasteiger partial charge in [0.05, 0.1) is 62.0 Å². The molecule has 0 saturated heterocycles. The fourth-order valence-electron chi connectivity index (χ4n) is 21.6. The van der Waals surface area contributed by atoms with Gasteiger partial charge in [-0.05, 0) is 189 Å². The fraction of sp³-hybridized carbons (Fsp3) is 0.622. The molecule has 0 radical (unpaired) electrons. The number of fused-ring (bicyclic) bond motifs is 9. The second-order valence-electron chi connectivity index (χ2n) is 29.9. The molecule has 3 saturated carbocycles. The number of methoxy groups -OCH3 is 3. The van der Waals surface area contributed by atoms with E-state index in [1.54, 1.807) is 12.2 Å². The second kappa shape index (κ2) is 20.2. The van der Waals surface area contributed by atoms with E-state index in [1.807, 2.05) is 6.92 Å². The zero-order valence-electron chi connectivity index (χ0n) is 53.0. The summed E-state index contributed by atoms with van der Waals surface area (Å²) < 4.78 is 21.4. The van der Waals surface area contributed by atoms with Crippen LogP contribution in [-0.2, 0) is 57.3 Å². The zero-order valence-corrected chi connectivity index (χ0v) is 53.0. The lowest BCUT2D eigenvalue weighted by atomic mass is 9.50. The quantitative estimate of drug-likeness (QED) is 0.202. The molecule has 3 fully saturated rings. The molecule has 87 heavy (non-hydrogen) atoms. The van der Waals surface area contributed by atoms with Crippen molar-refractivity contribution in [2.45, 2.75) is 196 Å². The number of rotatable bonds is 5. The predicted octanol–water partition coefficient (Wildman–Crippen LogP) is 12.7. The number of Topliss-reactive ketones (excluding diaryl/α,β-unsaturated/α-hetero) is 3. The number of hydrogen-bond donors (Lipinski definition) is 1. The summed E-state index contributed by atoms with van der Waals surface area (Å²) in [4.78, 5) is 103. The van der Waals surface area contributed by atoms with Crippen molar-refractivity contribution in [2.75, 3.05) is 27.9 Å². The first-order valence-electron chi connectivity index (χ1n) is 32.7. The molecule has 15 aliphatic rings. The predicted molar refractivity (Wildman–Crippen MR) is 324 cm³/mol. The van der Waals surface area contributed by atoms with Gasteiger partial charge < -0.3 is 24.1 Å². The Morgan fingerprint density at radius 2 is 0.966 bits per heavy atom. The average Bonchev–Trinajstić information content (AvgIpc) is 1.62. The van der Waals surface area contributed by atoms with Gasteiger partial charge >= 0.3 is 17.9 Å². The summed E-state index contributed by atoms with van der Waals surface area (Å²) in [5.41, 5.74) is 10.7. The summed E-state index contributed by atoms with van der Waals surface area (Å²) in [6, 6.07) is 0. The number of aliphatic hydroxyl groups excluding tert-OH is 1. The topological polar surface area (TPSA) is 194 Å². The molecule has 0 aromatic heterocycles. The van der Waals surface area contributed by atoms with Gasteiger partial charge in [-0.3, -0.25) is 38.4 Å². The molecule has 0 aromatic rings. The Morgan fingerprint density at radius 3 is 1.48 bits per heavy atom. The molecule has 462 valence electrons. The number of aliphatic hydroxyl groups is 1. The first-order chi connectivity index (χ1) is 41.3. The van der Waals surface area contributed by atoms with E-state index in [0.29, 0.717) is 68.7 Å². The standard InChI is InChI=1S/C26H32O4.C24H28O5.C24H28O4/c1-5-30-17-6-12-25(3)16(14-17)15-18(23(28)29-4)22-19(25)8-13-26-20(22)7-10-24(26,2)11-9-21(26)27;1-22-8-5-15-18-14(6-11-24(15,22)17(26)7-9-22)23(2)10-4-13(25)12-16(23)20(27)19(18)21(28)29-3;1-22-8-5-18-20-16(21(27)28-3)13-14-12-15(25)4-10-23(14,2)17(20)6-11-24(18,22)19(26)7-9-22/h7,14-15,18H,5-6,8-13H2,1-4H3;5,12,19-20,27H,4,6-11H2,1-3H3;5,12,16H,4,6-11,13H2,1-3H3/t18-,24+,25?,26?;19-,20?,22-,23?,24?;16-,22+,23?,24?/m101/s1. The number of ether oxygens (including phenoxy) is 4. The van der Waals surface area contributed by atoms with Crippen molar-refractivity contribution >= 4 is 46.8 Å². The molecular weight excluding hydrogens is 1100 g/mol. The Hall–Kier alpha value is -6.08. The van der Waals surface area contributed by atoms with Gasteiger partial charge in [0.15, 0.2) is 11.6 Å². The molecule has 3 spiro atoms. The van der Waals surface area contributed by atoms with E-state index in [1.165, 1.54) is 38.0 Å². The average molecular weight is 1190 g/mol. The molecule has 1 N–H and O–H groups in total. The number of allylic oxidation sites excluding steroid dienone is 15. The highest BCUT2D eigenvalue weighted by molar-refractivity contribution is 5.99. The molecule has 0 bridgehead atoms. The third-order valence-corrected chi connectivity index (χ3v) is 26.6. The zero-order chi connectivity index (χ0) is 62.0. The molecule has 0 amide bonds.